The highest BCUT2D eigenvalue weighted by Crippen LogP contribution is 2.18. The lowest BCUT2D eigenvalue weighted by atomic mass is 10.0. The van der Waals surface area contributed by atoms with E-state index in [1.165, 1.54) is 31.2 Å². The summed E-state index contributed by atoms with van der Waals surface area (Å²) < 4.78 is 6.22. The van der Waals surface area contributed by atoms with Gasteiger partial charge < -0.3 is 14.9 Å². The van der Waals surface area contributed by atoms with Gasteiger partial charge in [0.05, 0.1) is 18.8 Å². The molecule has 0 aliphatic rings. The van der Waals surface area contributed by atoms with Crippen LogP contribution in [0.25, 0.3) is 0 Å². The summed E-state index contributed by atoms with van der Waals surface area (Å²) in [7, 11) is 0. The largest absolute Gasteiger partial charge is 0.481 e. The molecule has 0 radical (unpaired) electrons. The zero-order chi connectivity index (χ0) is 21.2. The normalized spacial score (nSPS) is 13.3. The summed E-state index contributed by atoms with van der Waals surface area (Å²) in [5.74, 6) is -0.732. The molecule has 0 aromatic heterocycles. The topological polar surface area (TPSA) is 66.8 Å². The Morgan fingerprint density at radius 2 is 1.45 bits per heavy atom. The maximum absolute atomic E-state index is 10.5. The predicted octanol–water partition coefficient (Wildman–Crippen LogP) is 6.50. The average Bonchev–Trinajstić information content (AvgIpc) is 2.72. The van der Waals surface area contributed by atoms with Crippen molar-refractivity contribution in [3.8, 4) is 0 Å². The lowest BCUT2D eigenvalue weighted by Crippen LogP contribution is -2.14. The van der Waals surface area contributed by atoms with Crippen molar-refractivity contribution in [1.29, 1.82) is 0 Å². The van der Waals surface area contributed by atoms with Crippen LogP contribution in [0.2, 0.25) is 0 Å². The lowest BCUT2D eigenvalue weighted by molar-refractivity contribution is -0.137. The molecule has 2 atom stereocenters. The highest BCUT2D eigenvalue weighted by Gasteiger charge is 2.11. The number of ether oxygens (including phenoxy) is 1. The lowest BCUT2D eigenvalue weighted by Gasteiger charge is -2.19. The summed E-state index contributed by atoms with van der Waals surface area (Å²) in [6.07, 6.45) is 13.8. The Labute approximate surface area is 177 Å². The molecule has 0 amide bonds. The van der Waals surface area contributed by atoms with E-state index in [-0.39, 0.29) is 12.5 Å². The van der Waals surface area contributed by atoms with E-state index >= 15 is 0 Å². The molecule has 0 spiro atoms. The molecule has 0 aliphatic carbocycles. The van der Waals surface area contributed by atoms with Crippen molar-refractivity contribution in [2.45, 2.75) is 116 Å². The van der Waals surface area contributed by atoms with Gasteiger partial charge in [-0.3, -0.25) is 4.79 Å². The van der Waals surface area contributed by atoms with Crippen LogP contribution in [-0.2, 0) is 16.1 Å². The monoisotopic (exact) mass is 406 g/mol. The fourth-order valence-corrected chi connectivity index (χ4v) is 3.63. The van der Waals surface area contributed by atoms with Gasteiger partial charge in [-0.25, -0.2) is 0 Å². The molecule has 29 heavy (non-hydrogen) atoms. The van der Waals surface area contributed by atoms with Crippen LogP contribution < -0.4 is 0 Å². The molecule has 2 unspecified atom stereocenters. The number of unbranched alkanes of at least 4 members (excludes halogenated alkanes) is 6. The fraction of sp³-hybridized carbons (Fsp3) is 0.720. The molecule has 1 aromatic rings. The first-order chi connectivity index (χ1) is 14.1. The number of benzene rings is 1. The van der Waals surface area contributed by atoms with Crippen LogP contribution in [0.5, 0.6) is 0 Å². The summed E-state index contributed by atoms with van der Waals surface area (Å²) in [4.78, 5) is 10.5. The second-order valence-electron chi connectivity index (χ2n) is 8.20. The third-order valence-corrected chi connectivity index (χ3v) is 5.45. The molecule has 1 aromatic carbocycles. The number of aliphatic hydroxyl groups excluding tert-OH is 1. The molecule has 4 heteroatoms. The smallest absolute Gasteiger partial charge is 0.303 e. The third kappa shape index (κ3) is 15.2. The Kier molecular flexibility index (Phi) is 15.4. The van der Waals surface area contributed by atoms with Crippen molar-refractivity contribution in [3.05, 3.63) is 35.9 Å². The Hall–Kier alpha value is -1.39. The first-order valence-electron chi connectivity index (χ1n) is 11.7. The molecule has 4 nitrogen and oxygen atoms in total. The van der Waals surface area contributed by atoms with Crippen LogP contribution >= 0.6 is 0 Å². The van der Waals surface area contributed by atoms with Gasteiger partial charge in [0, 0.05) is 6.42 Å². The van der Waals surface area contributed by atoms with E-state index in [0.29, 0.717) is 19.1 Å². The molecule has 0 aliphatic heterocycles. The van der Waals surface area contributed by atoms with E-state index in [1.54, 1.807) is 0 Å². The first kappa shape index (κ1) is 25.6. The molecule has 166 valence electrons. The Morgan fingerprint density at radius 3 is 2.10 bits per heavy atom. The molecule has 2 N–H and O–H groups in total. The maximum Gasteiger partial charge on any atom is 0.303 e. The highest BCUT2D eigenvalue weighted by atomic mass is 16.5. The van der Waals surface area contributed by atoms with E-state index in [9.17, 15) is 9.90 Å². The van der Waals surface area contributed by atoms with Gasteiger partial charge in [-0.05, 0) is 37.7 Å². The summed E-state index contributed by atoms with van der Waals surface area (Å²) in [6, 6.07) is 10.4. The van der Waals surface area contributed by atoms with Crippen LogP contribution in [-0.4, -0.2) is 28.4 Å². The average molecular weight is 407 g/mol. The SMILES string of the molecule is CCCCCCC(CCCCC(O)CCCCCC(=O)O)OCc1ccccc1. The van der Waals surface area contributed by atoms with E-state index in [4.69, 9.17) is 9.84 Å². The second-order valence-corrected chi connectivity index (χ2v) is 8.20. The predicted molar refractivity (Wildman–Crippen MR) is 119 cm³/mol. The highest BCUT2D eigenvalue weighted by molar-refractivity contribution is 5.66. The van der Waals surface area contributed by atoms with Crippen LogP contribution in [0, 0.1) is 0 Å². The standard InChI is InChI=1S/C25H42O4/c1-2-3-4-10-18-24(29-21-22-14-7-5-8-15-22)19-13-12-17-23(26)16-9-6-11-20-25(27)28/h5,7-8,14-15,23-24,26H,2-4,6,9-13,16-21H2,1H3,(H,27,28). The van der Waals surface area contributed by atoms with Crippen LogP contribution in [0.15, 0.2) is 30.3 Å². The molecule has 0 fully saturated rings. The fourth-order valence-electron chi connectivity index (χ4n) is 3.63. The summed E-state index contributed by atoms with van der Waals surface area (Å²) >= 11 is 0. The van der Waals surface area contributed by atoms with Gasteiger partial charge in [0.2, 0.25) is 0 Å². The molecule has 0 saturated heterocycles. The Balaban J connectivity index is 2.19. The molecule has 0 heterocycles. The number of rotatable bonds is 19. The van der Waals surface area contributed by atoms with Crippen molar-refractivity contribution in [3.63, 3.8) is 0 Å². The number of carbonyl (C=O) groups is 1. The molecular weight excluding hydrogens is 364 g/mol. The molecule has 0 saturated carbocycles. The van der Waals surface area contributed by atoms with Crippen molar-refractivity contribution >= 4 is 5.97 Å². The van der Waals surface area contributed by atoms with Gasteiger partial charge in [0.1, 0.15) is 0 Å². The molecular formula is C25H42O4. The van der Waals surface area contributed by atoms with Crippen molar-refractivity contribution in [2.24, 2.45) is 0 Å². The van der Waals surface area contributed by atoms with E-state index in [1.807, 2.05) is 6.07 Å². The van der Waals surface area contributed by atoms with Crippen LogP contribution in [0.4, 0.5) is 0 Å². The molecule has 1 rings (SSSR count). The van der Waals surface area contributed by atoms with E-state index in [2.05, 4.69) is 31.2 Å². The number of aliphatic carboxylic acids is 1. The third-order valence-electron chi connectivity index (χ3n) is 5.45. The second kappa shape index (κ2) is 17.5. The van der Waals surface area contributed by atoms with Crippen molar-refractivity contribution < 1.29 is 19.7 Å². The summed E-state index contributed by atoms with van der Waals surface area (Å²) in [6.45, 7) is 2.92. The van der Waals surface area contributed by atoms with Gasteiger partial charge in [0.25, 0.3) is 0 Å². The van der Waals surface area contributed by atoms with Gasteiger partial charge in [-0.1, -0.05) is 88.6 Å². The number of aliphatic hydroxyl groups is 1. The van der Waals surface area contributed by atoms with Crippen molar-refractivity contribution in [2.75, 3.05) is 0 Å². The zero-order valence-corrected chi connectivity index (χ0v) is 18.4. The minimum Gasteiger partial charge on any atom is -0.481 e. The number of hydrogen-bond donors (Lipinski definition) is 2. The Morgan fingerprint density at radius 1 is 0.862 bits per heavy atom. The van der Waals surface area contributed by atoms with Crippen LogP contribution in [0.3, 0.4) is 0 Å². The zero-order valence-electron chi connectivity index (χ0n) is 18.4. The quantitative estimate of drug-likeness (QED) is 0.257. The number of carboxylic acid groups (broad SMARTS) is 1. The van der Waals surface area contributed by atoms with Crippen molar-refractivity contribution in [1.82, 2.24) is 0 Å². The summed E-state index contributed by atoms with van der Waals surface area (Å²) in [5, 5.41) is 18.8. The number of carboxylic acids is 1. The van der Waals surface area contributed by atoms with E-state index < -0.39 is 5.97 Å². The van der Waals surface area contributed by atoms with Gasteiger partial charge in [0.15, 0.2) is 0 Å². The van der Waals surface area contributed by atoms with Gasteiger partial charge >= 0.3 is 5.97 Å². The summed E-state index contributed by atoms with van der Waals surface area (Å²) in [5.41, 5.74) is 1.23. The first-order valence-corrected chi connectivity index (χ1v) is 11.7. The van der Waals surface area contributed by atoms with Gasteiger partial charge in [-0.15, -0.1) is 0 Å². The minimum absolute atomic E-state index is 0.235. The Bertz CT molecular complexity index is 503. The van der Waals surface area contributed by atoms with E-state index in [0.717, 1.165) is 51.4 Å². The van der Waals surface area contributed by atoms with Gasteiger partial charge in [-0.2, -0.15) is 0 Å². The number of hydrogen-bond acceptors (Lipinski definition) is 3. The van der Waals surface area contributed by atoms with Crippen LogP contribution in [0.1, 0.15) is 102 Å². The molecule has 0 bridgehead atoms. The minimum atomic E-state index is -0.732. The maximum atomic E-state index is 10.5.